The van der Waals surface area contributed by atoms with E-state index >= 15 is 0 Å². The third-order valence-electron chi connectivity index (χ3n) is 1.93. The molecule has 0 atom stereocenters. The minimum Gasteiger partial charge on any atom is -0.362 e. The zero-order chi connectivity index (χ0) is 10.6. The Hall–Kier alpha value is -1.16. The average molecular weight is 212 g/mol. The lowest BCUT2D eigenvalue weighted by Gasteiger charge is -2.04. The standard InChI is InChI=1S/C10H12O3S/c1-7(2)8-3-5-9(6-4-8)10(11)13-14-12/h3-7,14H,1-2H3. The Kier molecular flexibility index (Phi) is 3.83. The predicted octanol–water partition coefficient (Wildman–Crippen LogP) is 1.83. The van der Waals surface area contributed by atoms with Crippen molar-refractivity contribution in [3.63, 3.8) is 0 Å². The van der Waals surface area contributed by atoms with Crippen molar-refractivity contribution in [1.82, 2.24) is 0 Å². The molecule has 3 nitrogen and oxygen atoms in total. The van der Waals surface area contributed by atoms with Crippen molar-refractivity contribution in [2.75, 3.05) is 0 Å². The number of rotatable bonds is 3. The smallest absolute Gasteiger partial charge is 0.351 e. The summed E-state index contributed by atoms with van der Waals surface area (Å²) >= 11 is -0.614. The number of carbonyl (C=O) groups is 1. The number of thiol groups is 1. The van der Waals surface area contributed by atoms with Gasteiger partial charge in [0.15, 0.2) is 11.9 Å². The van der Waals surface area contributed by atoms with Gasteiger partial charge in [-0.25, -0.2) is 9.00 Å². The first-order chi connectivity index (χ1) is 6.65. The van der Waals surface area contributed by atoms with Crippen LogP contribution >= 0.6 is 0 Å². The molecule has 0 aliphatic rings. The van der Waals surface area contributed by atoms with E-state index in [-0.39, 0.29) is 0 Å². The van der Waals surface area contributed by atoms with E-state index < -0.39 is 17.9 Å². The molecule has 0 N–H and O–H groups in total. The minimum atomic E-state index is -0.614. The number of benzene rings is 1. The summed E-state index contributed by atoms with van der Waals surface area (Å²) in [5, 5.41) is 0. The molecule has 76 valence electrons. The SMILES string of the molecule is CC(C)c1ccc(C(=O)O[SH]=O)cc1. The number of carbonyl (C=O) groups excluding carboxylic acids is 1. The summed E-state index contributed by atoms with van der Waals surface area (Å²) in [4.78, 5) is 11.1. The van der Waals surface area contributed by atoms with E-state index in [1.54, 1.807) is 12.1 Å². The molecule has 0 fully saturated rings. The molecule has 0 amide bonds. The predicted molar refractivity (Wildman–Crippen MR) is 55.5 cm³/mol. The molecule has 0 radical (unpaired) electrons. The van der Waals surface area contributed by atoms with Crippen LogP contribution in [0, 0.1) is 0 Å². The first-order valence-corrected chi connectivity index (χ1v) is 5.02. The van der Waals surface area contributed by atoms with Gasteiger partial charge < -0.3 is 4.18 Å². The van der Waals surface area contributed by atoms with Gasteiger partial charge in [0.2, 0.25) is 0 Å². The van der Waals surface area contributed by atoms with Crippen LogP contribution in [0.3, 0.4) is 0 Å². The lowest BCUT2D eigenvalue weighted by molar-refractivity contribution is 0.0763. The van der Waals surface area contributed by atoms with E-state index in [9.17, 15) is 9.00 Å². The van der Waals surface area contributed by atoms with Gasteiger partial charge in [-0.3, -0.25) is 0 Å². The molecule has 1 aromatic rings. The fourth-order valence-corrected chi connectivity index (χ4v) is 1.26. The summed E-state index contributed by atoms with van der Waals surface area (Å²) < 4.78 is 14.3. The Bertz CT molecular complexity index is 330. The highest BCUT2D eigenvalue weighted by Crippen LogP contribution is 2.14. The molecule has 1 aromatic carbocycles. The van der Waals surface area contributed by atoms with Crippen molar-refractivity contribution >= 4 is 17.9 Å². The van der Waals surface area contributed by atoms with Crippen LogP contribution in [0.5, 0.6) is 0 Å². The van der Waals surface area contributed by atoms with Crippen LogP contribution < -0.4 is 0 Å². The fourth-order valence-electron chi connectivity index (χ4n) is 1.09. The summed E-state index contributed by atoms with van der Waals surface area (Å²) in [5.74, 6) is -0.144. The summed E-state index contributed by atoms with van der Waals surface area (Å²) in [5.41, 5.74) is 1.57. The lowest BCUT2D eigenvalue weighted by Crippen LogP contribution is -2.01. The maximum Gasteiger partial charge on any atom is 0.351 e. The molecule has 0 bridgehead atoms. The van der Waals surface area contributed by atoms with Crippen LogP contribution in [0.15, 0.2) is 24.3 Å². The number of hydrogen-bond donors (Lipinski definition) is 1. The highest BCUT2D eigenvalue weighted by atomic mass is 32.2. The highest BCUT2D eigenvalue weighted by Gasteiger charge is 2.06. The molecule has 0 saturated heterocycles. The van der Waals surface area contributed by atoms with Gasteiger partial charge in [-0.2, -0.15) is 0 Å². The van der Waals surface area contributed by atoms with Gasteiger partial charge >= 0.3 is 5.97 Å². The molecule has 0 aromatic heterocycles. The van der Waals surface area contributed by atoms with Gasteiger partial charge in [-0.1, -0.05) is 26.0 Å². The van der Waals surface area contributed by atoms with Crippen LogP contribution in [0.4, 0.5) is 0 Å². The topological polar surface area (TPSA) is 43.4 Å². The van der Waals surface area contributed by atoms with Crippen molar-refractivity contribution in [2.45, 2.75) is 19.8 Å². The van der Waals surface area contributed by atoms with Crippen molar-refractivity contribution in [3.05, 3.63) is 35.4 Å². The van der Waals surface area contributed by atoms with Gasteiger partial charge in [0.25, 0.3) is 0 Å². The molecule has 1 rings (SSSR count). The van der Waals surface area contributed by atoms with E-state index in [1.807, 2.05) is 12.1 Å². The van der Waals surface area contributed by atoms with Crippen LogP contribution in [-0.2, 0) is 16.1 Å². The van der Waals surface area contributed by atoms with Gasteiger partial charge in [0, 0.05) is 0 Å². The largest absolute Gasteiger partial charge is 0.362 e. The Labute approximate surface area is 86.8 Å². The average Bonchev–Trinajstić information content (AvgIpc) is 2.18. The second kappa shape index (κ2) is 4.91. The van der Waals surface area contributed by atoms with Gasteiger partial charge in [-0.15, -0.1) is 0 Å². The van der Waals surface area contributed by atoms with Crippen molar-refractivity contribution < 1.29 is 13.2 Å². The zero-order valence-corrected chi connectivity index (χ0v) is 8.95. The molecule has 0 aliphatic carbocycles. The van der Waals surface area contributed by atoms with E-state index in [1.165, 1.54) is 0 Å². The minimum absolute atomic E-state index is 0.415. The van der Waals surface area contributed by atoms with E-state index in [0.717, 1.165) is 5.56 Å². The Balaban J connectivity index is 2.82. The van der Waals surface area contributed by atoms with E-state index in [0.29, 0.717) is 11.5 Å². The Morgan fingerprint density at radius 1 is 1.29 bits per heavy atom. The Morgan fingerprint density at radius 3 is 2.29 bits per heavy atom. The maximum absolute atomic E-state index is 11.1. The normalized spacial score (nSPS) is 10.2. The fraction of sp³-hybridized carbons (Fsp3) is 0.300. The van der Waals surface area contributed by atoms with Crippen molar-refractivity contribution in [2.24, 2.45) is 0 Å². The quantitative estimate of drug-likeness (QED) is 0.777. The highest BCUT2D eigenvalue weighted by molar-refractivity contribution is 7.60. The van der Waals surface area contributed by atoms with E-state index in [2.05, 4.69) is 18.0 Å². The molecule has 4 heteroatoms. The molecule has 0 spiro atoms. The van der Waals surface area contributed by atoms with Crippen LogP contribution in [0.1, 0.15) is 35.7 Å². The molecule has 0 aliphatic heterocycles. The van der Waals surface area contributed by atoms with Crippen LogP contribution in [-0.4, -0.2) is 10.2 Å². The second-order valence-electron chi connectivity index (χ2n) is 3.23. The van der Waals surface area contributed by atoms with Gasteiger partial charge in [-0.05, 0) is 23.6 Å². The number of hydrogen-bond acceptors (Lipinski definition) is 3. The molecular formula is C10H12O3S. The molecule has 0 heterocycles. The zero-order valence-electron chi connectivity index (χ0n) is 8.06. The third kappa shape index (κ3) is 2.67. The van der Waals surface area contributed by atoms with Gasteiger partial charge in [0.1, 0.15) is 0 Å². The van der Waals surface area contributed by atoms with Crippen molar-refractivity contribution in [1.29, 1.82) is 0 Å². The van der Waals surface area contributed by atoms with Gasteiger partial charge in [0.05, 0.1) is 5.56 Å². The van der Waals surface area contributed by atoms with Crippen molar-refractivity contribution in [3.8, 4) is 0 Å². The lowest BCUT2D eigenvalue weighted by atomic mass is 10.0. The summed E-state index contributed by atoms with van der Waals surface area (Å²) in [6.45, 7) is 4.15. The molecular weight excluding hydrogens is 200 g/mol. The first kappa shape index (κ1) is 10.9. The Morgan fingerprint density at radius 2 is 1.86 bits per heavy atom. The summed E-state index contributed by atoms with van der Waals surface area (Å²) in [6.07, 6.45) is 0. The summed E-state index contributed by atoms with van der Waals surface area (Å²) in [7, 11) is 0. The monoisotopic (exact) mass is 212 g/mol. The molecule has 14 heavy (non-hydrogen) atoms. The first-order valence-electron chi connectivity index (χ1n) is 4.29. The second-order valence-corrected chi connectivity index (χ2v) is 3.56. The molecule has 0 saturated carbocycles. The summed E-state index contributed by atoms with van der Waals surface area (Å²) in [6, 6.07) is 7.07. The van der Waals surface area contributed by atoms with Crippen LogP contribution in [0.25, 0.3) is 0 Å². The molecule has 0 unspecified atom stereocenters. The maximum atomic E-state index is 11.1. The third-order valence-corrected chi connectivity index (χ3v) is 2.17. The van der Waals surface area contributed by atoms with E-state index in [4.69, 9.17) is 0 Å². The van der Waals surface area contributed by atoms with Crippen LogP contribution in [0.2, 0.25) is 0 Å².